The van der Waals surface area contributed by atoms with Crippen molar-refractivity contribution in [3.63, 3.8) is 0 Å². The van der Waals surface area contributed by atoms with E-state index in [2.05, 4.69) is 12.2 Å². The van der Waals surface area contributed by atoms with Gasteiger partial charge in [0.15, 0.2) is 0 Å². The third kappa shape index (κ3) is 4.31. The van der Waals surface area contributed by atoms with Crippen LogP contribution in [0.5, 0.6) is 0 Å². The van der Waals surface area contributed by atoms with Crippen LogP contribution >= 0.6 is 0 Å². The lowest BCUT2D eigenvalue weighted by atomic mass is 9.83. The van der Waals surface area contributed by atoms with Crippen molar-refractivity contribution in [2.24, 2.45) is 11.8 Å². The molecular weight excluding hydrogens is 240 g/mol. The average Bonchev–Trinajstić information content (AvgIpc) is 2.41. The largest absolute Gasteiger partial charge is 0.312 e. The van der Waals surface area contributed by atoms with Crippen molar-refractivity contribution in [3.8, 4) is 0 Å². The molecule has 0 unspecified atom stereocenters. The minimum Gasteiger partial charge on any atom is -0.312 e. The molecule has 0 radical (unpaired) electrons. The highest BCUT2D eigenvalue weighted by Gasteiger charge is 2.17. The molecule has 0 saturated heterocycles. The average molecular weight is 262 g/mol. The van der Waals surface area contributed by atoms with Crippen LogP contribution in [-0.4, -0.2) is 11.5 Å². The van der Waals surface area contributed by atoms with E-state index in [4.69, 9.17) is 0 Å². The molecular formula is C15H22N2O2. The highest BCUT2D eigenvalue weighted by molar-refractivity contribution is 5.34. The van der Waals surface area contributed by atoms with Gasteiger partial charge in [-0.1, -0.05) is 31.9 Å². The van der Waals surface area contributed by atoms with Crippen LogP contribution in [-0.2, 0) is 6.54 Å². The van der Waals surface area contributed by atoms with E-state index in [1.54, 1.807) is 12.1 Å². The summed E-state index contributed by atoms with van der Waals surface area (Å²) < 4.78 is 0. The quantitative estimate of drug-likeness (QED) is 0.652. The maximum Gasteiger partial charge on any atom is 0.269 e. The number of nitrogens with zero attached hydrogens (tertiary/aromatic N) is 1. The molecule has 0 amide bonds. The van der Waals surface area contributed by atoms with Gasteiger partial charge in [-0.2, -0.15) is 0 Å². The summed E-state index contributed by atoms with van der Waals surface area (Å²) in [7, 11) is 0. The second kappa shape index (κ2) is 6.66. The normalized spacial score (nSPS) is 23.2. The fraction of sp³-hybridized carbons (Fsp3) is 0.600. The number of nitro groups is 1. The summed E-state index contributed by atoms with van der Waals surface area (Å²) in [5, 5.41) is 14.1. The molecule has 0 atom stereocenters. The number of rotatable bonds is 5. The molecule has 1 fully saturated rings. The predicted octanol–water partition coefficient (Wildman–Crippen LogP) is 3.51. The first kappa shape index (κ1) is 14.0. The molecule has 0 aliphatic heterocycles. The highest BCUT2D eigenvalue weighted by Crippen LogP contribution is 2.27. The second-order valence-electron chi connectivity index (χ2n) is 5.68. The molecule has 0 spiro atoms. The minimum absolute atomic E-state index is 0.172. The fourth-order valence-electron chi connectivity index (χ4n) is 2.73. The Morgan fingerprint density at radius 1 is 1.32 bits per heavy atom. The Kier molecular flexibility index (Phi) is 4.91. The topological polar surface area (TPSA) is 55.2 Å². The molecule has 0 bridgehead atoms. The van der Waals surface area contributed by atoms with Crippen molar-refractivity contribution >= 4 is 5.69 Å². The molecule has 1 aliphatic carbocycles. The number of benzene rings is 1. The van der Waals surface area contributed by atoms with Crippen molar-refractivity contribution in [1.82, 2.24) is 5.32 Å². The van der Waals surface area contributed by atoms with Gasteiger partial charge in [-0.05, 0) is 36.8 Å². The maximum atomic E-state index is 10.7. The van der Waals surface area contributed by atoms with Crippen LogP contribution < -0.4 is 5.32 Å². The summed E-state index contributed by atoms with van der Waals surface area (Å²) in [5.74, 6) is 1.66. The van der Waals surface area contributed by atoms with Crippen molar-refractivity contribution in [1.29, 1.82) is 0 Å². The van der Waals surface area contributed by atoms with Crippen LogP contribution in [0.4, 0.5) is 5.69 Å². The first-order valence-corrected chi connectivity index (χ1v) is 7.09. The third-order valence-corrected chi connectivity index (χ3v) is 4.02. The van der Waals surface area contributed by atoms with Gasteiger partial charge in [0.2, 0.25) is 0 Å². The number of hydrogen-bond acceptors (Lipinski definition) is 3. The van der Waals surface area contributed by atoms with Crippen molar-refractivity contribution in [3.05, 3.63) is 39.9 Å². The van der Waals surface area contributed by atoms with Gasteiger partial charge in [-0.3, -0.25) is 10.1 Å². The first-order valence-electron chi connectivity index (χ1n) is 7.09. The number of hydrogen-bond donors (Lipinski definition) is 1. The summed E-state index contributed by atoms with van der Waals surface area (Å²) in [6, 6.07) is 6.86. The Hall–Kier alpha value is -1.42. The van der Waals surface area contributed by atoms with E-state index in [9.17, 15) is 10.1 Å². The predicted molar refractivity (Wildman–Crippen MR) is 75.9 cm³/mol. The van der Waals surface area contributed by atoms with Gasteiger partial charge in [0.05, 0.1) is 4.92 Å². The monoisotopic (exact) mass is 262 g/mol. The molecule has 2 rings (SSSR count). The van der Waals surface area contributed by atoms with Crippen LogP contribution in [0.15, 0.2) is 24.3 Å². The van der Waals surface area contributed by atoms with E-state index in [1.807, 2.05) is 6.07 Å². The van der Waals surface area contributed by atoms with E-state index >= 15 is 0 Å². The highest BCUT2D eigenvalue weighted by atomic mass is 16.6. The van der Waals surface area contributed by atoms with E-state index in [1.165, 1.54) is 31.7 Å². The molecule has 1 N–H and O–H groups in total. The summed E-state index contributed by atoms with van der Waals surface area (Å²) >= 11 is 0. The Balaban J connectivity index is 1.76. The van der Waals surface area contributed by atoms with Gasteiger partial charge in [-0.25, -0.2) is 0 Å². The summed E-state index contributed by atoms with van der Waals surface area (Å²) in [6.45, 7) is 4.07. The van der Waals surface area contributed by atoms with Gasteiger partial charge in [0.1, 0.15) is 0 Å². The van der Waals surface area contributed by atoms with Crippen molar-refractivity contribution < 1.29 is 4.92 Å². The standard InChI is InChI=1S/C15H22N2O2/c1-12-5-7-13(8-6-12)10-16-11-14-3-2-4-15(9-14)17(18)19/h2-4,9,12-13,16H,5-8,10-11H2,1H3. The van der Waals surface area contributed by atoms with Gasteiger partial charge < -0.3 is 5.32 Å². The summed E-state index contributed by atoms with van der Waals surface area (Å²) in [5.41, 5.74) is 1.16. The summed E-state index contributed by atoms with van der Waals surface area (Å²) in [4.78, 5) is 10.3. The molecule has 0 heterocycles. The van der Waals surface area contributed by atoms with Crippen LogP contribution in [0.3, 0.4) is 0 Å². The Morgan fingerprint density at radius 2 is 2.05 bits per heavy atom. The molecule has 4 nitrogen and oxygen atoms in total. The number of nitrogens with one attached hydrogen (secondary N) is 1. The van der Waals surface area contributed by atoms with Crippen LogP contribution in [0.25, 0.3) is 0 Å². The number of non-ortho nitro benzene ring substituents is 1. The number of nitro benzene ring substituents is 1. The van der Waals surface area contributed by atoms with Crippen LogP contribution in [0, 0.1) is 22.0 Å². The van der Waals surface area contributed by atoms with Crippen LogP contribution in [0.1, 0.15) is 38.2 Å². The lowest BCUT2D eigenvalue weighted by Crippen LogP contribution is -2.25. The Morgan fingerprint density at radius 3 is 2.74 bits per heavy atom. The zero-order valence-electron chi connectivity index (χ0n) is 11.5. The lowest BCUT2D eigenvalue weighted by molar-refractivity contribution is -0.384. The second-order valence-corrected chi connectivity index (χ2v) is 5.68. The van der Waals surface area contributed by atoms with Crippen LogP contribution in [0.2, 0.25) is 0 Å². The zero-order valence-corrected chi connectivity index (χ0v) is 11.5. The maximum absolute atomic E-state index is 10.7. The molecule has 19 heavy (non-hydrogen) atoms. The zero-order chi connectivity index (χ0) is 13.7. The third-order valence-electron chi connectivity index (χ3n) is 4.02. The summed E-state index contributed by atoms with van der Waals surface area (Å²) in [6.07, 6.45) is 5.29. The van der Waals surface area contributed by atoms with Gasteiger partial charge in [0.25, 0.3) is 5.69 Å². The SMILES string of the molecule is CC1CCC(CNCc2cccc([N+](=O)[O-])c2)CC1. The van der Waals surface area contributed by atoms with E-state index in [0.717, 1.165) is 23.9 Å². The molecule has 1 aliphatic rings. The Labute approximate surface area is 114 Å². The van der Waals surface area contributed by atoms with E-state index in [0.29, 0.717) is 6.54 Å². The van der Waals surface area contributed by atoms with Crippen molar-refractivity contribution in [2.75, 3.05) is 6.54 Å². The van der Waals surface area contributed by atoms with Gasteiger partial charge in [-0.15, -0.1) is 0 Å². The molecule has 1 saturated carbocycles. The van der Waals surface area contributed by atoms with Crippen molar-refractivity contribution in [2.45, 2.75) is 39.2 Å². The van der Waals surface area contributed by atoms with E-state index < -0.39 is 0 Å². The molecule has 4 heteroatoms. The Bertz CT molecular complexity index is 426. The van der Waals surface area contributed by atoms with E-state index in [-0.39, 0.29) is 10.6 Å². The minimum atomic E-state index is -0.341. The molecule has 1 aromatic carbocycles. The lowest BCUT2D eigenvalue weighted by Gasteiger charge is -2.26. The smallest absolute Gasteiger partial charge is 0.269 e. The first-order chi connectivity index (χ1) is 9.15. The fourth-order valence-corrected chi connectivity index (χ4v) is 2.73. The van der Waals surface area contributed by atoms with Gasteiger partial charge >= 0.3 is 0 Å². The van der Waals surface area contributed by atoms with Gasteiger partial charge in [0, 0.05) is 18.7 Å². The molecule has 104 valence electrons. The molecule has 1 aromatic rings. The molecule has 0 aromatic heterocycles.